The van der Waals surface area contributed by atoms with Gasteiger partial charge in [-0.25, -0.2) is 0 Å². The van der Waals surface area contributed by atoms with Crippen LogP contribution in [0.2, 0.25) is 0 Å². The van der Waals surface area contributed by atoms with Crippen LogP contribution in [0.1, 0.15) is 20.3 Å². The predicted molar refractivity (Wildman–Crippen MR) is 41.0 cm³/mol. The average Bonchev–Trinajstić information content (AvgIpc) is 1.87. The standard InChI is InChI=1S/C8H11NO/c1-3-4-5-6-7-9-8(2)10/h6-7H,3H2,1-2H3,(H,9,10)/b7-6-. The van der Waals surface area contributed by atoms with Gasteiger partial charge < -0.3 is 5.32 Å². The molecule has 0 fully saturated rings. The summed E-state index contributed by atoms with van der Waals surface area (Å²) in [7, 11) is 0. The summed E-state index contributed by atoms with van der Waals surface area (Å²) in [6.45, 7) is 3.43. The number of rotatable bonds is 1. The number of carbonyl (C=O) groups is 1. The highest BCUT2D eigenvalue weighted by atomic mass is 16.1. The van der Waals surface area contributed by atoms with Crippen LogP contribution < -0.4 is 5.32 Å². The molecule has 10 heavy (non-hydrogen) atoms. The molecule has 0 aromatic carbocycles. The lowest BCUT2D eigenvalue weighted by atomic mass is 10.4. The van der Waals surface area contributed by atoms with Crippen molar-refractivity contribution in [2.75, 3.05) is 0 Å². The molecule has 0 unspecified atom stereocenters. The number of hydrogen-bond acceptors (Lipinski definition) is 1. The molecule has 0 saturated carbocycles. The molecular weight excluding hydrogens is 126 g/mol. The molecule has 0 aliphatic carbocycles. The highest BCUT2D eigenvalue weighted by molar-refractivity contribution is 5.73. The Bertz CT molecular complexity index is 183. The number of nitrogens with one attached hydrogen (secondary N) is 1. The third kappa shape index (κ3) is 6.77. The van der Waals surface area contributed by atoms with Gasteiger partial charge in [0.2, 0.25) is 5.91 Å². The second-order valence-corrected chi connectivity index (χ2v) is 1.71. The zero-order valence-corrected chi connectivity index (χ0v) is 6.27. The van der Waals surface area contributed by atoms with Crippen molar-refractivity contribution in [3.05, 3.63) is 12.3 Å². The molecule has 0 aromatic rings. The Kier molecular flexibility index (Phi) is 5.17. The molecule has 0 bridgehead atoms. The van der Waals surface area contributed by atoms with E-state index in [1.54, 1.807) is 6.08 Å². The largest absolute Gasteiger partial charge is 0.332 e. The van der Waals surface area contributed by atoms with Crippen molar-refractivity contribution < 1.29 is 4.79 Å². The van der Waals surface area contributed by atoms with E-state index in [0.717, 1.165) is 6.42 Å². The Balaban J connectivity index is 3.47. The van der Waals surface area contributed by atoms with E-state index in [9.17, 15) is 4.79 Å². The van der Waals surface area contributed by atoms with Gasteiger partial charge >= 0.3 is 0 Å². The Morgan fingerprint density at radius 2 is 2.40 bits per heavy atom. The molecule has 0 radical (unpaired) electrons. The Morgan fingerprint density at radius 1 is 1.70 bits per heavy atom. The minimum absolute atomic E-state index is 0.0745. The molecule has 2 heteroatoms. The van der Waals surface area contributed by atoms with Gasteiger partial charge in [-0.15, -0.1) is 0 Å². The molecule has 1 N–H and O–H groups in total. The van der Waals surface area contributed by atoms with E-state index < -0.39 is 0 Å². The van der Waals surface area contributed by atoms with Gasteiger partial charge in [0.1, 0.15) is 0 Å². The van der Waals surface area contributed by atoms with E-state index in [1.807, 2.05) is 6.92 Å². The fourth-order valence-corrected chi connectivity index (χ4v) is 0.362. The summed E-state index contributed by atoms with van der Waals surface area (Å²) in [5.74, 6) is 5.50. The monoisotopic (exact) mass is 137 g/mol. The maximum atomic E-state index is 10.3. The second-order valence-electron chi connectivity index (χ2n) is 1.71. The highest BCUT2D eigenvalue weighted by Gasteiger charge is 1.78. The van der Waals surface area contributed by atoms with Crippen LogP contribution in [-0.2, 0) is 4.79 Å². The predicted octanol–water partition coefficient (Wildman–Crippen LogP) is 1.05. The first-order valence-electron chi connectivity index (χ1n) is 3.18. The van der Waals surface area contributed by atoms with Gasteiger partial charge in [0.25, 0.3) is 0 Å². The van der Waals surface area contributed by atoms with E-state index in [-0.39, 0.29) is 5.91 Å². The van der Waals surface area contributed by atoms with E-state index in [2.05, 4.69) is 17.2 Å². The molecule has 0 aliphatic rings. The minimum Gasteiger partial charge on any atom is -0.332 e. The van der Waals surface area contributed by atoms with Crippen LogP contribution in [-0.4, -0.2) is 5.91 Å². The first kappa shape index (κ1) is 8.77. The van der Waals surface area contributed by atoms with Crippen LogP contribution in [0.5, 0.6) is 0 Å². The summed E-state index contributed by atoms with van der Waals surface area (Å²) in [5.41, 5.74) is 0. The number of hydrogen-bond donors (Lipinski definition) is 1. The van der Waals surface area contributed by atoms with Crippen molar-refractivity contribution in [3.63, 3.8) is 0 Å². The number of carbonyl (C=O) groups excluding carboxylic acids is 1. The smallest absolute Gasteiger partial charge is 0.220 e. The van der Waals surface area contributed by atoms with Crippen LogP contribution in [0.3, 0.4) is 0 Å². The Labute approximate surface area is 61.3 Å². The third-order valence-corrected chi connectivity index (χ3v) is 0.732. The topological polar surface area (TPSA) is 29.1 Å². The van der Waals surface area contributed by atoms with Crippen molar-refractivity contribution in [2.24, 2.45) is 0 Å². The van der Waals surface area contributed by atoms with Crippen molar-refractivity contribution in [1.82, 2.24) is 5.32 Å². The summed E-state index contributed by atoms with van der Waals surface area (Å²) >= 11 is 0. The zero-order valence-electron chi connectivity index (χ0n) is 6.27. The normalized spacial score (nSPS) is 8.60. The maximum Gasteiger partial charge on any atom is 0.220 e. The van der Waals surface area contributed by atoms with Gasteiger partial charge in [0.05, 0.1) is 0 Å². The van der Waals surface area contributed by atoms with Gasteiger partial charge in [-0.1, -0.05) is 18.8 Å². The molecular formula is C8H11NO. The van der Waals surface area contributed by atoms with E-state index in [4.69, 9.17) is 0 Å². The van der Waals surface area contributed by atoms with Gasteiger partial charge in [-0.05, 0) is 0 Å². The van der Waals surface area contributed by atoms with Gasteiger partial charge in [0, 0.05) is 25.6 Å². The molecule has 0 spiro atoms. The van der Waals surface area contributed by atoms with E-state index in [1.165, 1.54) is 13.1 Å². The van der Waals surface area contributed by atoms with Crippen LogP contribution in [0.25, 0.3) is 0 Å². The summed E-state index contributed by atoms with van der Waals surface area (Å²) in [5, 5.41) is 2.48. The number of allylic oxidation sites excluding steroid dienone is 1. The fourth-order valence-electron chi connectivity index (χ4n) is 0.362. The molecule has 0 rings (SSSR count). The third-order valence-electron chi connectivity index (χ3n) is 0.732. The minimum atomic E-state index is -0.0745. The molecule has 0 saturated heterocycles. The molecule has 0 heterocycles. The van der Waals surface area contributed by atoms with E-state index >= 15 is 0 Å². The van der Waals surface area contributed by atoms with Crippen molar-refractivity contribution in [2.45, 2.75) is 20.3 Å². The molecule has 1 amide bonds. The lowest BCUT2D eigenvalue weighted by Crippen LogP contribution is -2.10. The van der Waals surface area contributed by atoms with Crippen molar-refractivity contribution in [1.29, 1.82) is 0 Å². The average molecular weight is 137 g/mol. The summed E-state index contributed by atoms with van der Waals surface area (Å²) in [6, 6.07) is 0. The lowest BCUT2D eigenvalue weighted by Gasteiger charge is -1.85. The molecule has 0 atom stereocenters. The molecule has 0 aromatic heterocycles. The van der Waals surface area contributed by atoms with Crippen LogP contribution in [0, 0.1) is 11.8 Å². The summed E-state index contributed by atoms with van der Waals surface area (Å²) < 4.78 is 0. The first-order valence-corrected chi connectivity index (χ1v) is 3.18. The Morgan fingerprint density at radius 3 is 2.90 bits per heavy atom. The van der Waals surface area contributed by atoms with Gasteiger partial charge in [0.15, 0.2) is 0 Å². The van der Waals surface area contributed by atoms with E-state index in [0.29, 0.717) is 0 Å². The van der Waals surface area contributed by atoms with Gasteiger partial charge in [-0.3, -0.25) is 4.79 Å². The van der Waals surface area contributed by atoms with Crippen LogP contribution >= 0.6 is 0 Å². The van der Waals surface area contributed by atoms with Crippen molar-refractivity contribution >= 4 is 5.91 Å². The van der Waals surface area contributed by atoms with Crippen LogP contribution in [0.15, 0.2) is 12.3 Å². The van der Waals surface area contributed by atoms with Crippen LogP contribution in [0.4, 0.5) is 0 Å². The second kappa shape index (κ2) is 5.90. The molecule has 54 valence electrons. The van der Waals surface area contributed by atoms with Gasteiger partial charge in [-0.2, -0.15) is 0 Å². The molecule has 2 nitrogen and oxygen atoms in total. The zero-order chi connectivity index (χ0) is 7.82. The summed E-state index contributed by atoms with van der Waals surface area (Å²) in [6.07, 6.45) is 3.99. The Hall–Kier alpha value is -1.23. The highest BCUT2D eigenvalue weighted by Crippen LogP contribution is 1.69. The quantitative estimate of drug-likeness (QED) is 0.538. The van der Waals surface area contributed by atoms with Crippen molar-refractivity contribution in [3.8, 4) is 11.8 Å². The fraction of sp³-hybridized carbons (Fsp3) is 0.375. The SMILES string of the molecule is CCC#C/C=C\NC(C)=O. The summed E-state index contributed by atoms with van der Waals surface area (Å²) in [4.78, 5) is 10.3. The lowest BCUT2D eigenvalue weighted by molar-refractivity contribution is -0.118. The maximum absolute atomic E-state index is 10.3. The molecule has 0 aliphatic heterocycles. The number of amides is 1. The first-order chi connectivity index (χ1) is 4.77.